The minimum atomic E-state index is -0.177. The number of carbonyl (C=O) groups is 4. The molecule has 0 aromatic rings. The molecule has 4 saturated heterocycles. The maximum Gasteiger partial charge on any atom is 0.306 e. The van der Waals surface area contributed by atoms with Crippen LogP contribution in [0.5, 0.6) is 0 Å². The zero-order chi connectivity index (χ0) is 72.0. The summed E-state index contributed by atoms with van der Waals surface area (Å²) in [6, 6.07) is 0. The van der Waals surface area contributed by atoms with Crippen molar-refractivity contribution in [2.24, 2.45) is 187 Å². The number of hydrogen-bond acceptors (Lipinski definition) is 13. The van der Waals surface area contributed by atoms with E-state index < -0.39 is 0 Å². The predicted molar refractivity (Wildman–Crippen MR) is 415 cm³/mol. The quantitative estimate of drug-likeness (QED) is 0.123. The summed E-state index contributed by atoms with van der Waals surface area (Å²) in [5.41, 5.74) is 11.5. The summed E-state index contributed by atoms with van der Waals surface area (Å²) >= 11 is 0. The first-order valence-corrected chi connectivity index (χ1v) is 44.3. The Hall–Kier alpha value is -4.94. The Labute approximate surface area is 650 Å². The average Bonchev–Trinajstić information content (AvgIpc) is 1.49. The maximum atomic E-state index is 12.1. The molecule has 23 unspecified atom stereocenters. The van der Waals surface area contributed by atoms with Gasteiger partial charge >= 0.3 is 23.9 Å². The molecule has 26 rings (SSSR count). The number of rotatable bonds is 1. The molecule has 0 amide bonds. The highest BCUT2D eigenvalue weighted by Gasteiger charge is 2.84. The van der Waals surface area contributed by atoms with Crippen LogP contribution in [0.2, 0.25) is 0 Å². The number of esters is 4. The molecule has 598 valence electrons. The third kappa shape index (κ3) is 9.56. The predicted octanol–water partition coefficient (Wildman–Crippen LogP) is 14.4. The van der Waals surface area contributed by atoms with E-state index in [4.69, 9.17) is 40.6 Å². The van der Waals surface area contributed by atoms with Crippen molar-refractivity contribution in [2.75, 3.05) is 6.61 Å². The van der Waals surface area contributed by atoms with Crippen LogP contribution in [0.25, 0.3) is 0 Å². The fourth-order valence-corrected chi connectivity index (χ4v) is 36.3. The van der Waals surface area contributed by atoms with Gasteiger partial charge in [-0.25, -0.2) is 0 Å². The van der Waals surface area contributed by atoms with Gasteiger partial charge in [0.25, 0.3) is 0 Å². The Morgan fingerprint density at radius 1 is 0.382 bits per heavy atom. The number of aliphatic hydroxyl groups is 1. The molecule has 22 fully saturated rings. The summed E-state index contributed by atoms with van der Waals surface area (Å²) in [5.74, 6) is 19.8. The van der Waals surface area contributed by atoms with Gasteiger partial charge in [-0.3, -0.25) is 19.2 Å². The van der Waals surface area contributed by atoms with Crippen molar-refractivity contribution < 1.29 is 65.1 Å². The second-order valence-corrected chi connectivity index (χ2v) is 43.2. The second kappa shape index (κ2) is 24.6. The molecule has 0 aromatic heterocycles. The van der Waals surface area contributed by atoms with Crippen LogP contribution in [-0.4, -0.2) is 103 Å². The molecule has 0 radical (unpaired) electrons. The minimum absolute atomic E-state index is 0. The maximum absolute atomic E-state index is 12.1. The van der Waals surface area contributed by atoms with Gasteiger partial charge in [-0.15, -0.1) is 0 Å². The Kier molecular flexibility index (Phi) is 16.8. The van der Waals surface area contributed by atoms with E-state index in [2.05, 4.69) is 58.6 Å². The van der Waals surface area contributed by atoms with Crippen molar-refractivity contribution >= 4 is 46.7 Å². The summed E-state index contributed by atoms with van der Waals surface area (Å²) in [4.78, 5) is 48.4. The highest BCUT2D eigenvalue weighted by Crippen LogP contribution is 2.85. The van der Waals surface area contributed by atoms with E-state index in [1.165, 1.54) is 132 Å². The Morgan fingerprint density at radius 3 is 1.25 bits per heavy atom. The van der Waals surface area contributed by atoms with E-state index in [-0.39, 0.29) is 102 Å². The van der Waals surface area contributed by atoms with Crippen LogP contribution >= 0.6 is 0 Å². The van der Waals surface area contributed by atoms with E-state index in [9.17, 15) is 24.3 Å². The van der Waals surface area contributed by atoms with E-state index in [0.717, 1.165) is 189 Å². The van der Waals surface area contributed by atoms with E-state index in [0.29, 0.717) is 96.2 Å². The van der Waals surface area contributed by atoms with Crippen molar-refractivity contribution in [3.63, 3.8) is 0 Å². The highest BCUT2D eigenvalue weighted by atomic mass is 16.6. The number of ether oxygens (including phenoxy) is 4. The fraction of sp³-hybridized carbons (Fsp3) is 0.806. The lowest BCUT2D eigenvalue weighted by atomic mass is 9.47. The summed E-state index contributed by atoms with van der Waals surface area (Å²) < 4.78 is 24.8. The molecule has 17 heteroatoms. The monoisotopic (exact) mass is 1510 g/mol. The number of aliphatic hydroxyl groups excluding tert-OH is 1. The number of hydrogen-bond donors (Lipinski definition) is 5. The lowest BCUT2D eigenvalue weighted by Crippen LogP contribution is -2.56. The van der Waals surface area contributed by atoms with Crippen molar-refractivity contribution in [2.45, 2.75) is 268 Å². The van der Waals surface area contributed by atoms with E-state index in [1.54, 1.807) is 11.1 Å². The molecule has 17 nitrogen and oxygen atoms in total. The Balaban J connectivity index is 0.0000000981. The largest absolute Gasteiger partial charge is 0.458 e. The van der Waals surface area contributed by atoms with Gasteiger partial charge in [0.1, 0.15) is 22.4 Å². The van der Waals surface area contributed by atoms with Gasteiger partial charge in [0.15, 0.2) is 0 Å². The molecule has 0 aromatic carbocycles. The average molecular weight is 1510 g/mol. The molecule has 13 N–H and O–H groups in total. The molecule has 22 aliphatic carbocycles. The first kappa shape index (κ1) is 75.1. The van der Waals surface area contributed by atoms with Crippen LogP contribution in [0, 0.1) is 208 Å². The minimum Gasteiger partial charge on any atom is -0.458 e. The van der Waals surface area contributed by atoms with Crippen molar-refractivity contribution in [3.05, 3.63) is 58.7 Å². The van der Waals surface area contributed by atoms with E-state index in [1.807, 2.05) is 0 Å². The number of carbonyl (C=O) groups excluding carboxylic acids is 4. The van der Waals surface area contributed by atoms with Crippen LogP contribution in [0.4, 0.5) is 0 Å². The van der Waals surface area contributed by atoms with E-state index >= 15 is 0 Å². The third-order valence-corrected chi connectivity index (χ3v) is 40.3. The first-order valence-electron chi connectivity index (χ1n) is 44.3. The molecule has 110 heavy (non-hydrogen) atoms. The summed E-state index contributed by atoms with van der Waals surface area (Å²) in [6.45, 7) is 14.6. The fourth-order valence-electron chi connectivity index (χ4n) is 36.3. The number of allylic oxidation sites excluding steroid dienone is 8. The van der Waals surface area contributed by atoms with Gasteiger partial charge in [-0.05, 0) is 358 Å². The van der Waals surface area contributed by atoms with Gasteiger partial charge in [0.05, 0.1) is 0 Å². The van der Waals surface area contributed by atoms with Crippen molar-refractivity contribution in [3.8, 4) is 0 Å². The summed E-state index contributed by atoms with van der Waals surface area (Å²) in [6.07, 6.45) is 46.7. The first-order chi connectivity index (χ1) is 50.9. The van der Waals surface area contributed by atoms with Crippen LogP contribution in [-0.2, 0) is 38.1 Å². The van der Waals surface area contributed by atoms with Crippen molar-refractivity contribution in [1.82, 2.24) is 0 Å². The third-order valence-electron chi connectivity index (χ3n) is 40.3. The van der Waals surface area contributed by atoms with Crippen LogP contribution in [0.15, 0.2) is 58.7 Å². The standard InChI is InChI=1S/C24H31NO2.C23H31NO3.2C23H29NO2.4H2O/c1-22-6-4-14-15-3-2-13(25)10-18(15)23(8-9-23)12-17(14)21(22)16-11-19(16)24(22)7-5-20(26)27-24;1-22-6-4-15-14-3-2-13(24)9-16(14)12(11-25)8-17(15)21(22)18-10-19(18)23(22)7-5-20(26)27-23;1-22-6-4-13-12-3-2-11(24)8-14(12)15-9-16(15)20(13)21(22)17-10-18(17)23(22)7-5-19(25)26-23;1-12-9-17-15(14-4-3-13(24)10-16(12)14)5-7-22(2)21(17)18-11-19(18)23(22)8-6-20(25)26-23;;;;/h10,14-17,19,21,25H,2-9,11-12H2,1H3;9,12,14-15,17-19,21,24-25H,2-8,10-11H2,1H3;8,12-13,15-18,20-21,24H,2-7,9-10H2,1H3;10,14-15,17-19,21,24H,1,3-9,11H2,2H3;4*1H2/t14?,15-,16?,17?,19?,21?,22+,24+;12?,14-,15?,17?,18?,19?,21?,22+,23+;12-,13?,15?,16?,17?,18?,20?,21?,22+,23+;14-,15?,17?,18?,19?,21?,22+,23+;;;;/m1111..../s1. The normalized spacial score (nSPS) is 54.6. The molecule has 26 aliphatic rings. The lowest BCUT2D eigenvalue weighted by Gasteiger charge is -2.58. The van der Waals surface area contributed by atoms with Crippen LogP contribution in [0.3, 0.4) is 0 Å². The highest BCUT2D eigenvalue weighted by molar-refractivity contribution is 5.96. The SMILES string of the molecule is C=C1CC2C(CC[C@@]3(C)C2C2CC2[C@@]32CCC(=O)O2)[C@H]2CCC(=N)C=C12.C[C@]12CCC3C(C4CC4C4=CC(=N)CC[C@@H]43)C1C1CC1[C@@]21CCC(=O)O1.C[C@]12CCC3C(CC(CO)C4=CC(=N)CC[C@@H]43)C1C1CC1[C@@]21CCC(=O)O1.C[C@]12CCC3C(CC4(CC4)C4=CC(=N)CC[C@@H]43)C1C1CC1[C@@]21CCC(=O)O1.O.O.O.O. The molecule has 5 spiro atoms. The molecule has 4 aliphatic heterocycles. The molecule has 18 saturated carbocycles. The van der Waals surface area contributed by atoms with Gasteiger partial charge in [0.2, 0.25) is 0 Å². The molecule has 35 atom stereocenters. The van der Waals surface area contributed by atoms with Gasteiger partial charge in [-0.2, -0.15) is 0 Å². The Bertz CT molecular complexity index is 4190. The van der Waals surface area contributed by atoms with Gasteiger partial charge in [0, 0.05) is 106 Å². The van der Waals surface area contributed by atoms with Crippen LogP contribution in [0.1, 0.15) is 246 Å². The van der Waals surface area contributed by atoms with Crippen molar-refractivity contribution in [1.29, 1.82) is 21.6 Å². The zero-order valence-corrected chi connectivity index (χ0v) is 66.1. The van der Waals surface area contributed by atoms with Gasteiger partial charge < -0.3 is 67.6 Å². The summed E-state index contributed by atoms with van der Waals surface area (Å²) in [7, 11) is 0. The van der Waals surface area contributed by atoms with Gasteiger partial charge in [-0.1, -0.05) is 56.6 Å². The molecule has 0 bridgehead atoms. The second-order valence-electron chi connectivity index (χ2n) is 43.2. The number of nitrogens with one attached hydrogen (secondary N) is 4. The topological polar surface area (TPSA) is 347 Å². The number of fused-ring (bicyclic) bond motifs is 40. The Morgan fingerprint density at radius 2 is 0.773 bits per heavy atom. The molecule has 4 heterocycles. The molecular formula is C93H128N4O13. The lowest BCUT2D eigenvalue weighted by molar-refractivity contribution is -0.175. The molecular weight excluding hydrogens is 1380 g/mol. The smallest absolute Gasteiger partial charge is 0.306 e. The van der Waals surface area contributed by atoms with Crippen LogP contribution < -0.4 is 0 Å². The zero-order valence-electron chi connectivity index (χ0n) is 66.1. The summed E-state index contributed by atoms with van der Waals surface area (Å²) in [5, 5.41) is 42.7.